The highest BCUT2D eigenvalue weighted by Crippen LogP contribution is 2.33. The van der Waals surface area contributed by atoms with Crippen LogP contribution in [0, 0.1) is 23.0 Å². The Bertz CT molecular complexity index is 1540. The molecule has 2 aromatic carbocycles. The number of pyridine rings is 2. The lowest BCUT2D eigenvalue weighted by molar-refractivity contribution is 0.137. The lowest BCUT2D eigenvalue weighted by Crippen LogP contribution is -2.56. The molecule has 0 spiro atoms. The van der Waals surface area contributed by atoms with Gasteiger partial charge in [-0.3, -0.25) is 9.69 Å². The van der Waals surface area contributed by atoms with Crippen LogP contribution in [-0.4, -0.2) is 51.8 Å². The van der Waals surface area contributed by atoms with Gasteiger partial charge in [-0.25, -0.2) is 13.8 Å². The summed E-state index contributed by atoms with van der Waals surface area (Å²) in [4.78, 5) is 21.6. The molecule has 5 rings (SSSR count). The van der Waals surface area contributed by atoms with E-state index in [2.05, 4.69) is 31.9 Å². The van der Waals surface area contributed by atoms with Crippen LogP contribution < -0.4 is 10.5 Å². The van der Waals surface area contributed by atoms with E-state index in [1.807, 2.05) is 11.8 Å². The number of fused-ring (bicyclic) bond motifs is 1. The number of nitriles is 1. The third kappa shape index (κ3) is 6.17. The highest BCUT2D eigenvalue weighted by molar-refractivity contribution is 9.10. The number of aliphatic hydroxyl groups excluding tert-OH is 1. The number of halogens is 3. The third-order valence-corrected chi connectivity index (χ3v) is 7.38. The lowest BCUT2D eigenvalue weighted by Gasteiger charge is -2.44. The van der Waals surface area contributed by atoms with Gasteiger partial charge in [0.2, 0.25) is 0 Å². The van der Waals surface area contributed by atoms with E-state index in [1.165, 1.54) is 28.8 Å². The first-order valence-corrected chi connectivity index (χ1v) is 13.2. The zero-order valence-corrected chi connectivity index (χ0v) is 23.1. The summed E-state index contributed by atoms with van der Waals surface area (Å²) in [6.07, 6.45) is 0. The number of aryl methyl sites for hydroxylation is 1. The van der Waals surface area contributed by atoms with Gasteiger partial charge in [0.1, 0.15) is 33.4 Å². The summed E-state index contributed by atoms with van der Waals surface area (Å²) in [5, 5.41) is 20.0. The van der Waals surface area contributed by atoms with Crippen LogP contribution in [-0.2, 0) is 7.05 Å². The van der Waals surface area contributed by atoms with E-state index in [0.29, 0.717) is 41.0 Å². The number of aromatic nitrogens is 2. The number of benzene rings is 2. The highest BCUT2D eigenvalue weighted by Gasteiger charge is 2.33. The molecule has 1 N–H and O–H groups in total. The van der Waals surface area contributed by atoms with Crippen LogP contribution in [0.5, 0.6) is 0 Å². The van der Waals surface area contributed by atoms with Crippen molar-refractivity contribution in [2.24, 2.45) is 7.05 Å². The molecule has 1 aliphatic rings. The normalized spacial score (nSPS) is 16.3. The van der Waals surface area contributed by atoms with E-state index in [9.17, 15) is 23.9 Å². The molecule has 10 heteroatoms. The van der Waals surface area contributed by atoms with Gasteiger partial charge < -0.3 is 14.6 Å². The largest absolute Gasteiger partial charge is 0.394 e. The van der Waals surface area contributed by atoms with Gasteiger partial charge in [0.05, 0.1) is 23.9 Å². The summed E-state index contributed by atoms with van der Waals surface area (Å²) >= 11 is 3.39. The second kappa shape index (κ2) is 12.5. The number of hydrogen-bond acceptors (Lipinski definition) is 6. The topological polar surface area (TPSA) is 85.4 Å². The zero-order chi connectivity index (χ0) is 28.1. The van der Waals surface area contributed by atoms with Gasteiger partial charge in [-0.2, -0.15) is 5.26 Å². The summed E-state index contributed by atoms with van der Waals surface area (Å²) in [5.74, 6) is -0.457. The first-order valence-electron chi connectivity index (χ1n) is 12.4. The maximum atomic E-state index is 13.3. The van der Waals surface area contributed by atoms with Crippen LogP contribution in [0.2, 0.25) is 0 Å². The zero-order valence-electron chi connectivity index (χ0n) is 21.6. The average Bonchev–Trinajstić information content (AvgIpc) is 2.95. The van der Waals surface area contributed by atoms with Crippen LogP contribution in [0.15, 0.2) is 76.1 Å². The number of anilines is 1. The molecule has 0 aliphatic carbocycles. The number of nitrogens with zero attached hydrogens (tertiary/aromatic N) is 5. The fourth-order valence-corrected chi connectivity index (χ4v) is 5.11. The molecule has 3 heterocycles. The van der Waals surface area contributed by atoms with Crippen LogP contribution >= 0.6 is 15.9 Å². The van der Waals surface area contributed by atoms with Crippen molar-refractivity contribution in [3.8, 4) is 6.07 Å². The third-order valence-electron chi connectivity index (χ3n) is 6.94. The van der Waals surface area contributed by atoms with Gasteiger partial charge in [0, 0.05) is 32.7 Å². The summed E-state index contributed by atoms with van der Waals surface area (Å²) < 4.78 is 27.3. The Hall–Kier alpha value is -3.65. The Balaban J connectivity index is 0.000000438. The molecule has 202 valence electrons. The van der Waals surface area contributed by atoms with E-state index in [-0.39, 0.29) is 35.9 Å². The lowest BCUT2D eigenvalue weighted by atomic mass is 10.0. The van der Waals surface area contributed by atoms with Gasteiger partial charge in [0.15, 0.2) is 0 Å². The van der Waals surface area contributed by atoms with Crippen molar-refractivity contribution in [1.82, 2.24) is 14.5 Å². The first-order chi connectivity index (χ1) is 18.7. The quantitative estimate of drug-likeness (QED) is 0.342. The summed E-state index contributed by atoms with van der Waals surface area (Å²) in [7, 11) is 1.62. The molecule has 2 unspecified atom stereocenters. The minimum atomic E-state index is -0.391. The molecule has 4 aromatic rings. The molecule has 1 fully saturated rings. The maximum Gasteiger partial charge on any atom is 0.270 e. The van der Waals surface area contributed by atoms with Gasteiger partial charge in [0.25, 0.3) is 5.56 Å². The van der Waals surface area contributed by atoms with E-state index in [0.717, 1.165) is 5.56 Å². The number of hydrogen-bond donors (Lipinski definition) is 1. The second-order valence-corrected chi connectivity index (χ2v) is 10.1. The molecule has 0 saturated carbocycles. The van der Waals surface area contributed by atoms with E-state index in [4.69, 9.17) is 0 Å². The standard InChI is InChI=1S/C23H23BrFN5O2.C6H5F/c1-14(15-3-5-16(25)6-4-15)29-9-10-30(17(12-29)13-31)22-18(11-26)23(32)28(2)19-7-8-20(24)27-21(19)22;7-6-4-2-1-3-5-6/h3-8,14,17,31H,9-10,12-13H2,1-2H3;1-5H. The van der Waals surface area contributed by atoms with E-state index >= 15 is 0 Å². The van der Waals surface area contributed by atoms with Crippen LogP contribution in [0.25, 0.3) is 11.0 Å². The molecule has 0 amide bonds. The van der Waals surface area contributed by atoms with Crippen molar-refractivity contribution in [3.63, 3.8) is 0 Å². The Labute approximate surface area is 233 Å². The predicted octanol–water partition coefficient (Wildman–Crippen LogP) is 4.78. The smallest absolute Gasteiger partial charge is 0.270 e. The minimum Gasteiger partial charge on any atom is -0.394 e. The molecule has 2 aromatic heterocycles. The van der Waals surface area contributed by atoms with Gasteiger partial charge >= 0.3 is 0 Å². The molecule has 7 nitrogen and oxygen atoms in total. The van der Waals surface area contributed by atoms with Gasteiger partial charge in [-0.05, 0) is 64.8 Å². The van der Waals surface area contributed by atoms with Crippen LogP contribution in [0.3, 0.4) is 0 Å². The predicted molar refractivity (Wildman–Crippen MR) is 150 cm³/mol. The van der Waals surface area contributed by atoms with E-state index < -0.39 is 5.56 Å². The van der Waals surface area contributed by atoms with Crippen molar-refractivity contribution in [2.75, 3.05) is 31.1 Å². The monoisotopic (exact) mass is 595 g/mol. The SMILES string of the molecule is CC(c1ccc(F)cc1)N1CCN(c2c(C#N)c(=O)n(C)c3ccc(Br)nc23)C(CO)C1.Fc1ccccc1. The molecule has 0 radical (unpaired) electrons. The molecular formula is C29H28BrF2N5O2. The minimum absolute atomic E-state index is 0.0177. The molecule has 2 atom stereocenters. The summed E-state index contributed by atoms with van der Waals surface area (Å²) in [6.45, 7) is 3.56. The Morgan fingerprint density at radius 2 is 1.74 bits per heavy atom. The van der Waals surface area contributed by atoms with Crippen molar-refractivity contribution in [3.05, 3.63) is 104 Å². The Morgan fingerprint density at radius 1 is 1.08 bits per heavy atom. The van der Waals surface area contributed by atoms with Crippen molar-refractivity contribution in [1.29, 1.82) is 5.26 Å². The molecule has 1 aliphatic heterocycles. The van der Waals surface area contributed by atoms with Crippen molar-refractivity contribution in [2.45, 2.75) is 19.0 Å². The van der Waals surface area contributed by atoms with Crippen molar-refractivity contribution >= 4 is 32.7 Å². The van der Waals surface area contributed by atoms with Gasteiger partial charge in [-0.1, -0.05) is 30.3 Å². The average molecular weight is 596 g/mol. The molecular weight excluding hydrogens is 568 g/mol. The first kappa shape index (κ1) is 28.4. The van der Waals surface area contributed by atoms with E-state index in [1.54, 1.807) is 49.5 Å². The number of aliphatic hydroxyl groups is 1. The van der Waals surface area contributed by atoms with Crippen LogP contribution in [0.1, 0.15) is 24.1 Å². The number of rotatable bonds is 4. The fraction of sp³-hybridized carbons (Fsp3) is 0.276. The molecule has 1 saturated heterocycles. The Morgan fingerprint density at radius 3 is 2.33 bits per heavy atom. The highest BCUT2D eigenvalue weighted by atomic mass is 79.9. The Kier molecular flexibility index (Phi) is 9.07. The fourth-order valence-electron chi connectivity index (χ4n) is 4.80. The maximum absolute atomic E-state index is 13.3. The van der Waals surface area contributed by atoms with Crippen molar-refractivity contribution < 1.29 is 13.9 Å². The van der Waals surface area contributed by atoms with Crippen LogP contribution in [0.4, 0.5) is 14.5 Å². The molecule has 39 heavy (non-hydrogen) atoms. The summed E-state index contributed by atoms with van der Waals surface area (Å²) in [5.41, 5.74) is 2.23. The summed E-state index contributed by atoms with van der Waals surface area (Å²) in [6, 6.07) is 19.7. The van der Waals surface area contributed by atoms with Gasteiger partial charge in [-0.15, -0.1) is 0 Å². The molecule has 0 bridgehead atoms. The number of piperazine rings is 1. The second-order valence-electron chi connectivity index (χ2n) is 9.25.